The van der Waals surface area contributed by atoms with E-state index in [4.69, 9.17) is 0 Å². The van der Waals surface area contributed by atoms with Crippen LogP contribution in [0.1, 0.15) is 59.3 Å². The molecule has 0 aromatic carbocycles. The van der Waals surface area contributed by atoms with Gasteiger partial charge in [0.05, 0.1) is 0 Å². The standard InChI is InChI=1S/C14H24N2O2/c1-4-14(5-2)12(18)16(10-11(17)15-14)13(3)8-6-7-9-13/h4-10H2,1-3H3,(H,15,17). The monoisotopic (exact) mass is 252 g/mol. The first-order chi connectivity index (χ1) is 8.47. The van der Waals surface area contributed by atoms with Crippen molar-refractivity contribution >= 4 is 11.8 Å². The minimum absolute atomic E-state index is 0.00794. The fourth-order valence-corrected chi connectivity index (χ4v) is 3.41. The van der Waals surface area contributed by atoms with Gasteiger partial charge >= 0.3 is 0 Å². The Kier molecular flexibility index (Phi) is 3.39. The van der Waals surface area contributed by atoms with Gasteiger partial charge in [0.1, 0.15) is 12.1 Å². The third-order valence-corrected chi connectivity index (χ3v) is 4.87. The summed E-state index contributed by atoms with van der Waals surface area (Å²) in [5, 5.41) is 2.92. The van der Waals surface area contributed by atoms with E-state index in [2.05, 4.69) is 12.2 Å². The predicted molar refractivity (Wildman–Crippen MR) is 70.0 cm³/mol. The second-order valence-electron chi connectivity index (χ2n) is 5.93. The lowest BCUT2D eigenvalue weighted by atomic mass is 9.85. The molecule has 2 rings (SSSR count). The lowest BCUT2D eigenvalue weighted by Gasteiger charge is -2.48. The number of rotatable bonds is 3. The fraction of sp³-hybridized carbons (Fsp3) is 0.857. The smallest absolute Gasteiger partial charge is 0.249 e. The Bertz CT molecular complexity index is 355. The van der Waals surface area contributed by atoms with E-state index in [9.17, 15) is 9.59 Å². The molecule has 1 saturated heterocycles. The molecule has 0 unspecified atom stereocenters. The Morgan fingerprint density at radius 3 is 2.22 bits per heavy atom. The van der Waals surface area contributed by atoms with E-state index < -0.39 is 5.54 Å². The van der Waals surface area contributed by atoms with Crippen LogP contribution in [0.5, 0.6) is 0 Å². The van der Waals surface area contributed by atoms with Gasteiger partial charge in [0.25, 0.3) is 0 Å². The Morgan fingerprint density at radius 2 is 1.72 bits per heavy atom. The van der Waals surface area contributed by atoms with E-state index in [1.807, 2.05) is 18.7 Å². The molecule has 0 atom stereocenters. The summed E-state index contributed by atoms with van der Waals surface area (Å²) < 4.78 is 0. The van der Waals surface area contributed by atoms with Crippen LogP contribution in [0, 0.1) is 0 Å². The van der Waals surface area contributed by atoms with Crippen LogP contribution in [0.4, 0.5) is 0 Å². The van der Waals surface area contributed by atoms with Gasteiger partial charge in [-0.05, 0) is 32.6 Å². The molecule has 4 nitrogen and oxygen atoms in total. The highest BCUT2D eigenvalue weighted by molar-refractivity contribution is 5.98. The third-order valence-electron chi connectivity index (χ3n) is 4.87. The number of carbonyl (C=O) groups excluding carboxylic acids is 2. The molecule has 0 aromatic rings. The van der Waals surface area contributed by atoms with Gasteiger partial charge in [-0.25, -0.2) is 0 Å². The summed E-state index contributed by atoms with van der Waals surface area (Å²) in [4.78, 5) is 26.6. The Morgan fingerprint density at radius 1 is 1.17 bits per heavy atom. The fourth-order valence-electron chi connectivity index (χ4n) is 3.41. The molecule has 1 aliphatic heterocycles. The molecule has 2 aliphatic rings. The SMILES string of the molecule is CCC1(CC)NC(=O)CN(C2(C)CCCC2)C1=O. The van der Waals surface area contributed by atoms with Crippen LogP contribution in [0.15, 0.2) is 0 Å². The van der Waals surface area contributed by atoms with Crippen LogP contribution in [-0.2, 0) is 9.59 Å². The average Bonchev–Trinajstić information content (AvgIpc) is 2.80. The van der Waals surface area contributed by atoms with Gasteiger partial charge in [-0.1, -0.05) is 26.7 Å². The highest BCUT2D eigenvalue weighted by Gasteiger charge is 2.50. The molecular weight excluding hydrogens is 228 g/mol. The van der Waals surface area contributed by atoms with Crippen LogP contribution in [0.25, 0.3) is 0 Å². The molecule has 0 aromatic heterocycles. The van der Waals surface area contributed by atoms with E-state index >= 15 is 0 Å². The third kappa shape index (κ3) is 1.91. The maximum atomic E-state index is 12.8. The molecule has 0 bridgehead atoms. The first kappa shape index (κ1) is 13.4. The molecule has 18 heavy (non-hydrogen) atoms. The zero-order valence-electron chi connectivity index (χ0n) is 11.7. The average molecular weight is 252 g/mol. The van der Waals surface area contributed by atoms with Crippen molar-refractivity contribution in [3.63, 3.8) is 0 Å². The minimum atomic E-state index is -0.666. The number of nitrogens with one attached hydrogen (secondary N) is 1. The molecular formula is C14H24N2O2. The van der Waals surface area contributed by atoms with Crippen LogP contribution < -0.4 is 5.32 Å². The molecule has 1 aliphatic carbocycles. The van der Waals surface area contributed by atoms with Crippen molar-refractivity contribution in [3.8, 4) is 0 Å². The molecule has 0 radical (unpaired) electrons. The van der Waals surface area contributed by atoms with Gasteiger partial charge in [0.2, 0.25) is 11.8 Å². The maximum Gasteiger partial charge on any atom is 0.249 e. The second kappa shape index (κ2) is 4.56. The van der Waals surface area contributed by atoms with Crippen LogP contribution in [0.3, 0.4) is 0 Å². The van der Waals surface area contributed by atoms with Crippen LogP contribution >= 0.6 is 0 Å². The zero-order chi connectivity index (χ0) is 13.4. The van der Waals surface area contributed by atoms with E-state index in [-0.39, 0.29) is 23.9 Å². The van der Waals surface area contributed by atoms with E-state index in [0.717, 1.165) is 25.7 Å². The second-order valence-corrected chi connectivity index (χ2v) is 5.93. The first-order valence-corrected chi connectivity index (χ1v) is 7.10. The molecule has 102 valence electrons. The van der Waals surface area contributed by atoms with E-state index in [1.165, 1.54) is 0 Å². The molecule has 0 spiro atoms. The van der Waals surface area contributed by atoms with Gasteiger partial charge in [-0.3, -0.25) is 9.59 Å². The topological polar surface area (TPSA) is 49.4 Å². The minimum Gasteiger partial charge on any atom is -0.340 e. The quantitative estimate of drug-likeness (QED) is 0.833. The number of piperazine rings is 1. The van der Waals surface area contributed by atoms with Crippen molar-refractivity contribution in [2.75, 3.05) is 6.54 Å². The summed E-state index contributed by atoms with van der Waals surface area (Å²) in [6.45, 7) is 6.31. The lowest BCUT2D eigenvalue weighted by molar-refractivity contribution is -0.156. The molecule has 2 fully saturated rings. The van der Waals surface area contributed by atoms with Crippen molar-refractivity contribution in [1.29, 1.82) is 0 Å². The highest BCUT2D eigenvalue weighted by atomic mass is 16.2. The summed E-state index contributed by atoms with van der Waals surface area (Å²) >= 11 is 0. The molecule has 4 heteroatoms. The van der Waals surface area contributed by atoms with Crippen LogP contribution in [-0.4, -0.2) is 34.3 Å². The number of amides is 2. The van der Waals surface area contributed by atoms with Gasteiger partial charge in [0, 0.05) is 5.54 Å². The molecule has 1 heterocycles. The van der Waals surface area contributed by atoms with Gasteiger partial charge in [0.15, 0.2) is 0 Å². The first-order valence-electron chi connectivity index (χ1n) is 7.10. The highest BCUT2D eigenvalue weighted by Crippen LogP contribution is 2.38. The molecule has 1 N–H and O–H groups in total. The summed E-state index contributed by atoms with van der Waals surface area (Å²) in [5.74, 6) is 0.114. The van der Waals surface area contributed by atoms with Gasteiger partial charge in [-0.2, -0.15) is 0 Å². The number of hydrogen-bond donors (Lipinski definition) is 1. The van der Waals surface area contributed by atoms with Crippen molar-refractivity contribution in [2.24, 2.45) is 0 Å². The Balaban J connectivity index is 2.30. The zero-order valence-corrected chi connectivity index (χ0v) is 11.7. The van der Waals surface area contributed by atoms with Crippen molar-refractivity contribution < 1.29 is 9.59 Å². The summed E-state index contributed by atoms with van der Waals surface area (Å²) in [6, 6.07) is 0. The lowest BCUT2D eigenvalue weighted by Crippen LogP contribution is -2.70. The van der Waals surface area contributed by atoms with Gasteiger partial charge < -0.3 is 10.2 Å². The maximum absolute atomic E-state index is 12.8. The largest absolute Gasteiger partial charge is 0.340 e. The molecule has 2 amide bonds. The number of hydrogen-bond acceptors (Lipinski definition) is 2. The van der Waals surface area contributed by atoms with E-state index in [1.54, 1.807) is 0 Å². The van der Waals surface area contributed by atoms with Gasteiger partial charge in [-0.15, -0.1) is 0 Å². The number of carbonyl (C=O) groups is 2. The van der Waals surface area contributed by atoms with Crippen LogP contribution in [0.2, 0.25) is 0 Å². The van der Waals surface area contributed by atoms with E-state index in [0.29, 0.717) is 12.8 Å². The number of nitrogens with zero attached hydrogens (tertiary/aromatic N) is 1. The predicted octanol–water partition coefficient (Wildman–Crippen LogP) is 1.84. The van der Waals surface area contributed by atoms with Crippen molar-refractivity contribution in [3.05, 3.63) is 0 Å². The summed E-state index contributed by atoms with van der Waals surface area (Å²) in [7, 11) is 0. The molecule has 1 saturated carbocycles. The summed E-state index contributed by atoms with van der Waals surface area (Å²) in [5.41, 5.74) is -0.772. The Labute approximate surface area is 109 Å². The Hall–Kier alpha value is -1.06. The van der Waals surface area contributed by atoms with Crippen molar-refractivity contribution in [2.45, 2.75) is 70.4 Å². The normalized spacial score (nSPS) is 26.3. The summed E-state index contributed by atoms with van der Waals surface area (Å²) in [6.07, 6.45) is 5.70. The van der Waals surface area contributed by atoms with Crippen molar-refractivity contribution in [1.82, 2.24) is 10.2 Å².